The number of hydrogen-bond donors (Lipinski definition) is 4. The van der Waals surface area contributed by atoms with Crippen LogP contribution < -0.4 is 0 Å². The van der Waals surface area contributed by atoms with Crippen LogP contribution in [0.2, 0.25) is 19.6 Å². The maximum Gasteiger partial charge on any atom is 0.187 e. The molecule has 0 spiro atoms. The third kappa shape index (κ3) is 3.23. The lowest BCUT2D eigenvalue weighted by Gasteiger charge is -2.41. The van der Waals surface area contributed by atoms with Gasteiger partial charge in [0.15, 0.2) is 14.6 Å². The van der Waals surface area contributed by atoms with Crippen molar-refractivity contribution in [2.75, 3.05) is 6.61 Å². The van der Waals surface area contributed by atoms with Crippen molar-refractivity contribution >= 4 is 8.32 Å². The van der Waals surface area contributed by atoms with Gasteiger partial charge in [-0.05, 0) is 19.6 Å². The molecule has 0 aromatic carbocycles. The summed E-state index contributed by atoms with van der Waals surface area (Å²) in [6, 6.07) is 0. The minimum absolute atomic E-state index is 0.434. The van der Waals surface area contributed by atoms with Gasteiger partial charge in [0.05, 0.1) is 6.61 Å². The summed E-state index contributed by atoms with van der Waals surface area (Å²) in [4.78, 5) is 0. The van der Waals surface area contributed by atoms with E-state index in [9.17, 15) is 15.3 Å². The molecule has 0 unspecified atom stereocenters. The van der Waals surface area contributed by atoms with Gasteiger partial charge in [-0.3, -0.25) is 0 Å². The van der Waals surface area contributed by atoms with Gasteiger partial charge in [0.2, 0.25) is 0 Å². The highest BCUT2D eigenvalue weighted by atomic mass is 28.4. The van der Waals surface area contributed by atoms with Crippen LogP contribution in [0.1, 0.15) is 0 Å². The fourth-order valence-corrected chi connectivity index (χ4v) is 2.41. The van der Waals surface area contributed by atoms with E-state index in [1.54, 1.807) is 0 Å². The molecule has 0 aliphatic carbocycles. The Morgan fingerprint density at radius 1 is 1.06 bits per heavy atom. The highest BCUT2D eigenvalue weighted by molar-refractivity contribution is 6.69. The first-order chi connectivity index (χ1) is 7.26. The number of rotatable bonds is 3. The summed E-state index contributed by atoms with van der Waals surface area (Å²) < 4.78 is 10.7. The van der Waals surface area contributed by atoms with Gasteiger partial charge < -0.3 is 29.6 Å². The summed E-state index contributed by atoms with van der Waals surface area (Å²) in [5.41, 5.74) is 0. The fourth-order valence-electron chi connectivity index (χ4n) is 1.51. The largest absolute Gasteiger partial charge is 0.394 e. The van der Waals surface area contributed by atoms with Crippen LogP contribution in [0.25, 0.3) is 0 Å². The Labute approximate surface area is 95.6 Å². The van der Waals surface area contributed by atoms with Crippen molar-refractivity contribution in [3.63, 3.8) is 0 Å². The quantitative estimate of drug-likeness (QED) is 0.463. The standard InChI is InChI=1S/C9H20O6Si/c1-16(2,3)15-9-8(13)7(12)6(11)5(4-10)14-9/h5-13H,4H2,1-3H3/t5-,6-,7+,8+,9-/m1/s1. The van der Waals surface area contributed by atoms with Crippen molar-refractivity contribution in [2.24, 2.45) is 0 Å². The van der Waals surface area contributed by atoms with Crippen molar-refractivity contribution < 1.29 is 29.6 Å². The van der Waals surface area contributed by atoms with Crippen LogP contribution in [0.15, 0.2) is 0 Å². The van der Waals surface area contributed by atoms with Crippen LogP contribution in [0, 0.1) is 0 Å². The molecule has 1 saturated heterocycles. The molecule has 0 aromatic heterocycles. The Morgan fingerprint density at radius 3 is 2.06 bits per heavy atom. The molecule has 1 heterocycles. The molecular weight excluding hydrogens is 232 g/mol. The normalized spacial score (nSPS) is 41.1. The van der Waals surface area contributed by atoms with Crippen molar-refractivity contribution in [3.05, 3.63) is 0 Å². The van der Waals surface area contributed by atoms with Gasteiger partial charge in [-0.1, -0.05) is 0 Å². The van der Waals surface area contributed by atoms with Crippen molar-refractivity contribution in [1.29, 1.82) is 0 Å². The molecule has 1 aliphatic rings. The molecule has 1 fully saturated rings. The van der Waals surface area contributed by atoms with Crippen LogP contribution in [-0.2, 0) is 9.16 Å². The smallest absolute Gasteiger partial charge is 0.187 e. The Kier molecular flexibility index (Phi) is 4.47. The summed E-state index contributed by atoms with van der Waals surface area (Å²) in [5.74, 6) is 0. The van der Waals surface area contributed by atoms with Gasteiger partial charge in [-0.15, -0.1) is 0 Å². The molecule has 0 radical (unpaired) electrons. The third-order valence-corrected chi connectivity index (χ3v) is 3.26. The monoisotopic (exact) mass is 252 g/mol. The first-order valence-corrected chi connectivity index (χ1v) is 8.65. The molecule has 96 valence electrons. The third-order valence-electron chi connectivity index (χ3n) is 2.32. The maximum absolute atomic E-state index is 9.67. The van der Waals surface area contributed by atoms with Crippen LogP contribution in [-0.4, -0.2) is 66.1 Å². The van der Waals surface area contributed by atoms with Gasteiger partial charge in [-0.2, -0.15) is 0 Å². The lowest BCUT2D eigenvalue weighted by molar-refractivity contribution is -0.280. The maximum atomic E-state index is 9.67. The van der Waals surface area contributed by atoms with E-state index in [1.165, 1.54) is 0 Å². The predicted molar refractivity (Wildman–Crippen MR) is 58.2 cm³/mol. The molecule has 5 atom stereocenters. The minimum Gasteiger partial charge on any atom is -0.394 e. The fraction of sp³-hybridized carbons (Fsp3) is 1.00. The molecule has 1 rings (SSSR count). The second-order valence-corrected chi connectivity index (χ2v) is 9.39. The highest BCUT2D eigenvalue weighted by Crippen LogP contribution is 2.24. The molecular formula is C9H20O6Si. The van der Waals surface area contributed by atoms with E-state index in [2.05, 4.69) is 0 Å². The zero-order chi connectivity index (χ0) is 12.5. The summed E-state index contributed by atoms with van der Waals surface area (Å²) in [7, 11) is -1.94. The highest BCUT2D eigenvalue weighted by Gasteiger charge is 2.45. The zero-order valence-electron chi connectivity index (χ0n) is 9.70. The van der Waals surface area contributed by atoms with Crippen LogP contribution in [0.4, 0.5) is 0 Å². The summed E-state index contributed by atoms with van der Waals surface area (Å²) >= 11 is 0. The topological polar surface area (TPSA) is 99.4 Å². The van der Waals surface area contributed by atoms with E-state index < -0.39 is 45.6 Å². The SMILES string of the molecule is C[Si](C)(C)O[C@H]1O[C@H](CO)[C@@H](O)[C@H](O)[C@@H]1O. The van der Waals surface area contributed by atoms with Crippen molar-refractivity contribution in [2.45, 2.75) is 50.3 Å². The van der Waals surface area contributed by atoms with Gasteiger partial charge in [0.1, 0.15) is 24.4 Å². The van der Waals surface area contributed by atoms with Gasteiger partial charge in [0.25, 0.3) is 0 Å². The first kappa shape index (κ1) is 14.0. The summed E-state index contributed by atoms with van der Waals surface area (Å²) in [6.45, 7) is 5.30. The van der Waals surface area contributed by atoms with Crippen molar-refractivity contribution in [3.8, 4) is 0 Å². The van der Waals surface area contributed by atoms with E-state index in [1.807, 2.05) is 19.6 Å². The summed E-state index contributed by atoms with van der Waals surface area (Å²) in [5, 5.41) is 37.7. The second-order valence-electron chi connectivity index (χ2n) is 4.93. The first-order valence-electron chi connectivity index (χ1n) is 5.24. The molecule has 0 bridgehead atoms. The Hall–Kier alpha value is -0.0231. The number of hydrogen-bond acceptors (Lipinski definition) is 6. The molecule has 7 heteroatoms. The van der Waals surface area contributed by atoms with E-state index in [0.29, 0.717) is 0 Å². The molecule has 16 heavy (non-hydrogen) atoms. The van der Waals surface area contributed by atoms with E-state index in [4.69, 9.17) is 14.3 Å². The lowest BCUT2D eigenvalue weighted by atomic mass is 10.00. The molecule has 0 aromatic rings. The number of ether oxygens (including phenoxy) is 1. The second kappa shape index (κ2) is 5.09. The molecule has 4 N–H and O–H groups in total. The Morgan fingerprint density at radius 2 is 1.62 bits per heavy atom. The minimum atomic E-state index is -1.94. The van der Waals surface area contributed by atoms with Gasteiger partial charge in [-0.25, -0.2) is 0 Å². The predicted octanol–water partition coefficient (Wildman–Crippen LogP) is -1.36. The number of aliphatic hydroxyl groups excluding tert-OH is 4. The lowest BCUT2D eigenvalue weighted by Crippen LogP contribution is -2.60. The molecule has 1 aliphatic heterocycles. The van der Waals surface area contributed by atoms with Gasteiger partial charge in [0, 0.05) is 0 Å². The van der Waals surface area contributed by atoms with E-state index in [-0.39, 0.29) is 0 Å². The zero-order valence-corrected chi connectivity index (χ0v) is 10.7. The van der Waals surface area contributed by atoms with Crippen LogP contribution >= 0.6 is 0 Å². The van der Waals surface area contributed by atoms with Crippen LogP contribution in [0.5, 0.6) is 0 Å². The van der Waals surface area contributed by atoms with E-state index in [0.717, 1.165) is 0 Å². The van der Waals surface area contributed by atoms with Crippen molar-refractivity contribution in [1.82, 2.24) is 0 Å². The Balaban J connectivity index is 2.71. The molecule has 6 nitrogen and oxygen atoms in total. The van der Waals surface area contributed by atoms with Gasteiger partial charge >= 0.3 is 0 Å². The van der Waals surface area contributed by atoms with Crippen LogP contribution in [0.3, 0.4) is 0 Å². The number of aliphatic hydroxyl groups is 4. The molecule has 0 saturated carbocycles. The summed E-state index contributed by atoms with van der Waals surface area (Å²) in [6.07, 6.45) is -5.90. The van der Waals surface area contributed by atoms with E-state index >= 15 is 0 Å². The average molecular weight is 252 g/mol. The average Bonchev–Trinajstić information content (AvgIpc) is 2.17. The molecule has 0 amide bonds. The Bertz CT molecular complexity index is 229.